The van der Waals surface area contributed by atoms with Crippen LogP contribution in [0.1, 0.15) is 110 Å². The van der Waals surface area contributed by atoms with Crippen LogP contribution in [0.5, 0.6) is 23.0 Å². The third-order valence-electron chi connectivity index (χ3n) is 15.7. The minimum Gasteiger partial charge on any atom is -0.456 e. The highest BCUT2D eigenvalue weighted by atomic mass is 16.6. The maximum absolute atomic E-state index is 6.95. The third kappa shape index (κ3) is 5.28. The predicted molar refractivity (Wildman–Crippen MR) is 271 cm³/mol. The average molecular weight is 851 g/mol. The molecule has 0 spiro atoms. The number of furan rings is 1. The van der Waals surface area contributed by atoms with Crippen LogP contribution in [0.2, 0.25) is 0 Å². The highest BCUT2D eigenvalue weighted by molar-refractivity contribution is 6.94. The monoisotopic (exact) mass is 850 g/mol. The second-order valence-electron chi connectivity index (χ2n) is 22.9. The lowest BCUT2D eigenvalue weighted by atomic mass is 9.43. The molecule has 0 N–H and O–H groups in total. The van der Waals surface area contributed by atoms with Crippen molar-refractivity contribution in [3.8, 4) is 39.8 Å². The summed E-state index contributed by atoms with van der Waals surface area (Å²) in [5, 5.41) is 4.81. The van der Waals surface area contributed by atoms with Crippen molar-refractivity contribution in [2.75, 3.05) is 4.81 Å². The van der Waals surface area contributed by atoms with Crippen molar-refractivity contribution >= 4 is 72.9 Å². The van der Waals surface area contributed by atoms with E-state index in [-0.39, 0.29) is 28.5 Å². The molecule has 0 atom stereocenters. The molecule has 0 amide bonds. The zero-order valence-corrected chi connectivity index (χ0v) is 39.5. The molecule has 0 radical (unpaired) electrons. The van der Waals surface area contributed by atoms with Gasteiger partial charge >= 0.3 is 6.85 Å². The lowest BCUT2D eigenvalue weighted by Gasteiger charge is -2.46. The molecule has 7 aromatic carbocycles. The van der Waals surface area contributed by atoms with Gasteiger partial charge in [-0.15, -0.1) is 0 Å². The van der Waals surface area contributed by atoms with E-state index >= 15 is 0 Å². The number of benzene rings is 7. The Hall–Kier alpha value is -6.40. The highest BCUT2D eigenvalue weighted by Gasteiger charge is 2.48. The first-order valence-electron chi connectivity index (χ1n) is 23.6. The van der Waals surface area contributed by atoms with Crippen LogP contribution in [-0.4, -0.2) is 11.4 Å². The summed E-state index contributed by atoms with van der Waals surface area (Å²) in [5.41, 5.74) is 19.4. The summed E-state index contributed by atoms with van der Waals surface area (Å²) in [6, 6.07) is 40.7. The first kappa shape index (κ1) is 39.0. The molecule has 65 heavy (non-hydrogen) atoms. The second kappa shape index (κ2) is 12.5. The average Bonchev–Trinajstić information content (AvgIpc) is 3.80. The molecule has 0 unspecified atom stereocenters. The van der Waals surface area contributed by atoms with Crippen LogP contribution in [0.4, 0.5) is 11.4 Å². The Morgan fingerprint density at radius 2 is 1.22 bits per heavy atom. The van der Waals surface area contributed by atoms with Crippen molar-refractivity contribution in [1.82, 2.24) is 4.57 Å². The SMILES string of the molecule is Cc1cc2c(cc1N1B3c4c(cc5oc6ccccc6c5c4-c4cc5c(cc41)Oc1ccccc1O5)-n1c4ccc(C(C)(C)C)cc4c4cc(C(C)(C)C)cc3c41)C(C)(C)CCC2(C)C. The quantitative estimate of drug-likeness (QED) is 0.154. The molecule has 1 aliphatic carbocycles. The van der Waals surface area contributed by atoms with E-state index in [9.17, 15) is 0 Å². The van der Waals surface area contributed by atoms with Gasteiger partial charge in [0.1, 0.15) is 11.2 Å². The predicted octanol–water partition coefficient (Wildman–Crippen LogP) is 15.1. The number of fused-ring (bicyclic) bond motifs is 14. The van der Waals surface area contributed by atoms with E-state index in [4.69, 9.17) is 13.9 Å². The molecule has 9 aromatic rings. The van der Waals surface area contributed by atoms with Gasteiger partial charge in [0.05, 0.1) is 11.0 Å². The zero-order chi connectivity index (χ0) is 44.9. The number of anilines is 2. The van der Waals surface area contributed by atoms with Gasteiger partial charge in [-0.2, -0.15) is 0 Å². The molecule has 0 fully saturated rings. The summed E-state index contributed by atoms with van der Waals surface area (Å²) in [5.74, 6) is 2.86. The Bertz CT molecular complexity index is 3610. The van der Waals surface area contributed by atoms with Crippen molar-refractivity contribution in [3.05, 3.63) is 137 Å². The third-order valence-corrected chi connectivity index (χ3v) is 15.7. The fraction of sp³-hybridized carbons (Fsp3) is 0.288. The second-order valence-corrected chi connectivity index (χ2v) is 22.9. The summed E-state index contributed by atoms with van der Waals surface area (Å²) in [7, 11) is 0. The molecule has 13 rings (SSSR count). The summed E-state index contributed by atoms with van der Waals surface area (Å²) in [6.45, 7) is 25.9. The molecule has 5 heterocycles. The van der Waals surface area contributed by atoms with Crippen molar-refractivity contribution in [1.29, 1.82) is 0 Å². The van der Waals surface area contributed by atoms with Crippen molar-refractivity contribution in [2.45, 2.75) is 111 Å². The summed E-state index contributed by atoms with van der Waals surface area (Å²) in [4.78, 5) is 2.69. The number of ether oxygens (including phenoxy) is 2. The van der Waals surface area contributed by atoms with Crippen LogP contribution in [0, 0.1) is 6.92 Å². The highest BCUT2D eigenvalue weighted by Crippen LogP contribution is 2.56. The van der Waals surface area contributed by atoms with E-state index in [1.807, 2.05) is 24.3 Å². The standard InChI is InChI=1S/C59H55BN2O3/c1-32-24-39-40(59(10,11)23-22-58(39,8)9)29-43(32)62-44-30-50-49(64-47-18-14-15-19-48(47)65-50)28-38(44)53-52-35-16-12-13-17-46(35)63-51(52)31-45-54(53)60(62)41-27-34(57(5,6)7)26-37-36-25-33(56(2,3)4)20-21-42(36)61(45)55(37)41/h12-21,24-31H,22-23H2,1-11H3. The Morgan fingerprint density at radius 3 is 1.92 bits per heavy atom. The van der Waals surface area contributed by atoms with Gasteiger partial charge in [0.15, 0.2) is 23.0 Å². The van der Waals surface area contributed by atoms with E-state index in [1.165, 1.54) is 71.8 Å². The number of hydrogen-bond acceptors (Lipinski definition) is 4. The first-order chi connectivity index (χ1) is 30.9. The lowest BCUT2D eigenvalue weighted by Crippen LogP contribution is -2.61. The molecule has 4 aliphatic rings. The van der Waals surface area contributed by atoms with E-state index in [1.54, 1.807) is 0 Å². The molecule has 5 nitrogen and oxygen atoms in total. The van der Waals surface area contributed by atoms with E-state index < -0.39 is 0 Å². The Labute approximate surface area is 382 Å². The molecular formula is C59H55BN2O3. The van der Waals surface area contributed by atoms with Gasteiger partial charge in [-0.1, -0.05) is 118 Å². The Kier molecular flexibility index (Phi) is 7.49. The minimum absolute atomic E-state index is 0.0105. The van der Waals surface area contributed by atoms with Crippen LogP contribution >= 0.6 is 0 Å². The number of hydrogen-bond donors (Lipinski definition) is 0. The fourth-order valence-corrected chi connectivity index (χ4v) is 11.9. The van der Waals surface area contributed by atoms with Gasteiger partial charge in [-0.25, -0.2) is 0 Å². The molecule has 0 saturated carbocycles. The number of rotatable bonds is 1. The van der Waals surface area contributed by atoms with Crippen LogP contribution in [-0.2, 0) is 21.7 Å². The van der Waals surface area contributed by atoms with E-state index in [0.717, 1.165) is 57.5 Å². The van der Waals surface area contributed by atoms with Crippen LogP contribution < -0.4 is 25.2 Å². The van der Waals surface area contributed by atoms with Gasteiger partial charge in [-0.05, 0) is 134 Å². The summed E-state index contributed by atoms with van der Waals surface area (Å²) >= 11 is 0. The molecule has 3 aliphatic heterocycles. The van der Waals surface area contributed by atoms with Gasteiger partial charge in [0.2, 0.25) is 0 Å². The van der Waals surface area contributed by atoms with Crippen molar-refractivity contribution in [2.24, 2.45) is 0 Å². The summed E-state index contributed by atoms with van der Waals surface area (Å²) < 4.78 is 23.1. The van der Waals surface area contributed by atoms with Crippen LogP contribution in [0.25, 0.3) is 60.6 Å². The van der Waals surface area contributed by atoms with E-state index in [2.05, 4.69) is 170 Å². The number of aryl methyl sites for hydroxylation is 1. The number of aromatic nitrogens is 1. The maximum atomic E-state index is 6.95. The Balaban J connectivity index is 1.24. The smallest absolute Gasteiger partial charge is 0.333 e. The van der Waals surface area contributed by atoms with Crippen LogP contribution in [0.3, 0.4) is 0 Å². The van der Waals surface area contributed by atoms with Gasteiger partial charge < -0.3 is 23.3 Å². The van der Waals surface area contributed by atoms with Crippen LogP contribution in [0.15, 0.2) is 114 Å². The molecule has 322 valence electrons. The molecule has 0 bridgehead atoms. The van der Waals surface area contributed by atoms with Gasteiger partial charge in [0.25, 0.3) is 0 Å². The normalized spacial score (nSPS) is 16.5. The first-order valence-corrected chi connectivity index (χ1v) is 23.6. The number of nitrogens with zero attached hydrogens (tertiary/aromatic N) is 2. The molecular weight excluding hydrogens is 795 g/mol. The van der Waals surface area contributed by atoms with Gasteiger partial charge in [0, 0.05) is 56.3 Å². The largest absolute Gasteiger partial charge is 0.456 e. The van der Waals surface area contributed by atoms with Crippen molar-refractivity contribution < 1.29 is 13.9 Å². The molecule has 0 saturated heterocycles. The Morgan fingerprint density at radius 1 is 0.569 bits per heavy atom. The lowest BCUT2D eigenvalue weighted by molar-refractivity contribution is 0.332. The topological polar surface area (TPSA) is 39.8 Å². The maximum Gasteiger partial charge on any atom is 0.333 e. The molecule has 6 heteroatoms. The number of para-hydroxylation sites is 3. The van der Waals surface area contributed by atoms with Crippen molar-refractivity contribution in [3.63, 3.8) is 0 Å². The zero-order valence-electron chi connectivity index (χ0n) is 39.5. The summed E-state index contributed by atoms with van der Waals surface area (Å²) in [6.07, 6.45) is 2.30. The van der Waals surface area contributed by atoms with Gasteiger partial charge in [-0.3, -0.25) is 0 Å². The molecule has 2 aromatic heterocycles. The fourth-order valence-electron chi connectivity index (χ4n) is 11.9. The minimum atomic E-state index is -0.194. The van der Waals surface area contributed by atoms with E-state index in [0.29, 0.717) is 17.2 Å².